The Labute approximate surface area is 146 Å². The van der Waals surface area contributed by atoms with E-state index in [2.05, 4.69) is 24.8 Å². The Morgan fingerprint density at radius 1 is 1.16 bits per heavy atom. The highest BCUT2D eigenvalue weighted by atomic mass is 32.1. The summed E-state index contributed by atoms with van der Waals surface area (Å²) in [6.45, 7) is 3.00. The van der Waals surface area contributed by atoms with Gasteiger partial charge in [-0.3, -0.25) is 14.6 Å². The molecule has 0 bridgehead atoms. The summed E-state index contributed by atoms with van der Waals surface area (Å²) in [6, 6.07) is 5.34. The summed E-state index contributed by atoms with van der Waals surface area (Å²) in [5.41, 5.74) is 7.05. The van der Waals surface area contributed by atoms with Gasteiger partial charge in [-0.05, 0) is 23.6 Å². The fourth-order valence-electron chi connectivity index (χ4n) is 2.91. The summed E-state index contributed by atoms with van der Waals surface area (Å²) < 4.78 is 0.656. The largest absolute Gasteiger partial charge is 0.367 e. The molecule has 4 rings (SSSR count). The average molecular weight is 356 g/mol. The van der Waals surface area contributed by atoms with E-state index in [1.54, 1.807) is 12.3 Å². The third-order valence-corrected chi connectivity index (χ3v) is 5.15. The highest BCUT2D eigenvalue weighted by Gasteiger charge is 2.20. The second-order valence-corrected chi connectivity index (χ2v) is 6.68. The Kier molecular flexibility index (Phi) is 3.85. The van der Waals surface area contributed by atoms with Gasteiger partial charge in [-0.2, -0.15) is 0 Å². The molecule has 0 spiro atoms. The number of carbonyl (C=O) groups is 1. The number of carbonyl (C=O) groups excluding carboxylic acids is 1. The van der Waals surface area contributed by atoms with E-state index < -0.39 is 5.91 Å². The number of aromatic nitrogens is 3. The number of amides is 1. The normalized spacial score (nSPS) is 14.9. The van der Waals surface area contributed by atoms with E-state index in [0.717, 1.165) is 37.4 Å². The van der Waals surface area contributed by atoms with Crippen LogP contribution in [0.4, 0.5) is 11.6 Å². The van der Waals surface area contributed by atoms with Gasteiger partial charge >= 0.3 is 0 Å². The van der Waals surface area contributed by atoms with E-state index >= 15 is 0 Å². The van der Waals surface area contributed by atoms with Gasteiger partial charge in [0.25, 0.3) is 11.5 Å². The number of primary amides is 1. The second kappa shape index (κ2) is 6.17. The first-order chi connectivity index (χ1) is 12.1. The number of nitrogens with one attached hydrogen (secondary N) is 1. The van der Waals surface area contributed by atoms with Gasteiger partial charge in [-0.1, -0.05) is 0 Å². The van der Waals surface area contributed by atoms with Gasteiger partial charge in [-0.15, -0.1) is 11.3 Å². The van der Waals surface area contributed by atoms with Crippen molar-refractivity contribution < 1.29 is 4.79 Å². The van der Waals surface area contributed by atoms with Crippen LogP contribution in [0, 0.1) is 0 Å². The summed E-state index contributed by atoms with van der Waals surface area (Å²) >= 11 is 1.40. The van der Waals surface area contributed by atoms with Crippen LogP contribution in [0.1, 0.15) is 10.5 Å². The molecule has 1 aliphatic rings. The van der Waals surface area contributed by atoms with Gasteiger partial charge in [-0.25, -0.2) is 9.97 Å². The van der Waals surface area contributed by atoms with Crippen molar-refractivity contribution in [2.24, 2.45) is 5.73 Å². The standard InChI is InChI=1S/C16H16N6O2S/c17-14(23)12-2-1-10(9-18-12)21-4-6-22(7-5-21)16-19-11-3-8-25-13(11)15(24)20-16/h1-3,8-9H,4-7H2,(H2,17,23)(H,19,20,24). The molecular formula is C16H16N6O2S. The maximum Gasteiger partial charge on any atom is 0.270 e. The molecule has 3 aromatic heterocycles. The summed E-state index contributed by atoms with van der Waals surface area (Å²) in [7, 11) is 0. The first kappa shape index (κ1) is 15.6. The van der Waals surface area contributed by atoms with Crippen molar-refractivity contribution in [3.63, 3.8) is 0 Å². The summed E-state index contributed by atoms with van der Waals surface area (Å²) in [5, 5.41) is 1.87. The molecule has 3 N–H and O–H groups in total. The molecule has 9 heteroatoms. The van der Waals surface area contributed by atoms with Crippen LogP contribution in [-0.2, 0) is 0 Å². The predicted molar refractivity (Wildman–Crippen MR) is 97.4 cm³/mol. The number of hydrogen-bond donors (Lipinski definition) is 2. The van der Waals surface area contributed by atoms with Crippen molar-refractivity contribution in [1.82, 2.24) is 15.0 Å². The molecule has 25 heavy (non-hydrogen) atoms. The van der Waals surface area contributed by atoms with Gasteiger partial charge < -0.3 is 15.5 Å². The molecule has 1 saturated heterocycles. The van der Waals surface area contributed by atoms with Crippen LogP contribution < -0.4 is 21.1 Å². The van der Waals surface area contributed by atoms with E-state index in [0.29, 0.717) is 10.6 Å². The molecule has 1 fully saturated rings. The molecule has 0 radical (unpaired) electrons. The minimum atomic E-state index is -0.532. The van der Waals surface area contributed by atoms with E-state index in [1.807, 2.05) is 17.5 Å². The van der Waals surface area contributed by atoms with Crippen molar-refractivity contribution in [2.75, 3.05) is 36.0 Å². The lowest BCUT2D eigenvalue weighted by atomic mass is 10.2. The van der Waals surface area contributed by atoms with Crippen LogP contribution in [0.3, 0.4) is 0 Å². The van der Waals surface area contributed by atoms with Gasteiger partial charge in [0.2, 0.25) is 5.95 Å². The number of rotatable bonds is 3. The Bertz CT molecular complexity index is 972. The van der Waals surface area contributed by atoms with Crippen molar-refractivity contribution in [1.29, 1.82) is 0 Å². The third-order valence-electron chi connectivity index (χ3n) is 4.25. The Hall–Kier alpha value is -2.94. The lowest BCUT2D eigenvalue weighted by molar-refractivity contribution is 0.0995. The fourth-order valence-corrected chi connectivity index (χ4v) is 3.63. The Balaban J connectivity index is 1.48. The van der Waals surface area contributed by atoms with Crippen LogP contribution in [0.2, 0.25) is 0 Å². The molecule has 3 aromatic rings. The average Bonchev–Trinajstić information content (AvgIpc) is 3.11. The van der Waals surface area contributed by atoms with E-state index in [9.17, 15) is 9.59 Å². The maximum absolute atomic E-state index is 12.1. The molecule has 0 aliphatic carbocycles. The van der Waals surface area contributed by atoms with Gasteiger partial charge in [0, 0.05) is 26.2 Å². The monoisotopic (exact) mass is 356 g/mol. The highest BCUT2D eigenvalue weighted by Crippen LogP contribution is 2.20. The van der Waals surface area contributed by atoms with Gasteiger partial charge in [0.05, 0.1) is 17.4 Å². The smallest absolute Gasteiger partial charge is 0.270 e. The van der Waals surface area contributed by atoms with Crippen LogP contribution in [-0.4, -0.2) is 47.0 Å². The first-order valence-corrected chi connectivity index (χ1v) is 8.73. The number of hydrogen-bond acceptors (Lipinski definition) is 7. The van der Waals surface area contributed by atoms with E-state index in [1.165, 1.54) is 11.3 Å². The molecule has 1 aliphatic heterocycles. The van der Waals surface area contributed by atoms with Crippen LogP contribution >= 0.6 is 11.3 Å². The quantitative estimate of drug-likeness (QED) is 0.719. The highest BCUT2D eigenvalue weighted by molar-refractivity contribution is 7.17. The zero-order valence-corrected chi connectivity index (χ0v) is 14.1. The predicted octanol–water partition coefficient (Wildman–Crippen LogP) is 0.805. The molecule has 0 atom stereocenters. The number of fused-ring (bicyclic) bond motifs is 1. The molecular weight excluding hydrogens is 340 g/mol. The lowest BCUT2D eigenvalue weighted by Crippen LogP contribution is -2.47. The van der Waals surface area contributed by atoms with Crippen LogP contribution in [0.25, 0.3) is 10.2 Å². The van der Waals surface area contributed by atoms with Gasteiger partial charge in [0.15, 0.2) is 0 Å². The number of piperazine rings is 1. The minimum absolute atomic E-state index is 0.0938. The fraction of sp³-hybridized carbons (Fsp3) is 0.250. The first-order valence-electron chi connectivity index (χ1n) is 7.85. The molecule has 0 saturated carbocycles. The number of nitrogens with zero attached hydrogens (tertiary/aromatic N) is 4. The summed E-state index contributed by atoms with van der Waals surface area (Å²) in [4.78, 5) is 38.9. The topological polar surface area (TPSA) is 108 Å². The van der Waals surface area contributed by atoms with Crippen molar-refractivity contribution in [3.8, 4) is 0 Å². The molecule has 128 valence electrons. The maximum atomic E-state index is 12.1. The zero-order chi connectivity index (χ0) is 17.4. The van der Waals surface area contributed by atoms with Crippen molar-refractivity contribution >= 4 is 39.1 Å². The Morgan fingerprint density at radius 2 is 1.92 bits per heavy atom. The number of pyridine rings is 1. The number of H-pyrrole nitrogens is 1. The summed E-state index contributed by atoms with van der Waals surface area (Å²) in [5.74, 6) is 0.0768. The number of nitrogens with two attached hydrogens (primary N) is 1. The Morgan fingerprint density at radius 3 is 2.60 bits per heavy atom. The molecule has 0 unspecified atom stereocenters. The summed E-state index contributed by atoms with van der Waals surface area (Å²) in [6.07, 6.45) is 1.66. The SMILES string of the molecule is NC(=O)c1ccc(N2CCN(c3nc4ccsc4c(=O)[nH]3)CC2)cn1. The van der Waals surface area contributed by atoms with Crippen LogP contribution in [0.5, 0.6) is 0 Å². The minimum Gasteiger partial charge on any atom is -0.367 e. The molecule has 8 nitrogen and oxygen atoms in total. The number of anilines is 2. The van der Waals surface area contributed by atoms with Crippen LogP contribution in [0.15, 0.2) is 34.6 Å². The van der Waals surface area contributed by atoms with Gasteiger partial charge in [0.1, 0.15) is 10.4 Å². The van der Waals surface area contributed by atoms with E-state index in [-0.39, 0.29) is 11.3 Å². The van der Waals surface area contributed by atoms with Crippen molar-refractivity contribution in [2.45, 2.75) is 0 Å². The lowest BCUT2D eigenvalue weighted by Gasteiger charge is -2.36. The number of aromatic amines is 1. The molecule has 4 heterocycles. The van der Waals surface area contributed by atoms with E-state index in [4.69, 9.17) is 5.73 Å². The number of thiophene rings is 1. The molecule has 0 aromatic carbocycles. The molecule has 1 amide bonds. The second-order valence-electron chi connectivity index (χ2n) is 5.76. The third kappa shape index (κ3) is 2.93. The van der Waals surface area contributed by atoms with Crippen molar-refractivity contribution in [3.05, 3.63) is 45.8 Å². The zero-order valence-electron chi connectivity index (χ0n) is 13.3.